The number of methoxy groups -OCH3 is 1. The van der Waals surface area contributed by atoms with Gasteiger partial charge < -0.3 is 15.4 Å². The summed E-state index contributed by atoms with van der Waals surface area (Å²) >= 11 is 12.4. The van der Waals surface area contributed by atoms with Gasteiger partial charge in [0.05, 0.1) is 18.2 Å². The molecule has 0 bridgehead atoms. The fourth-order valence-electron chi connectivity index (χ4n) is 1.45. The van der Waals surface area contributed by atoms with E-state index in [4.69, 9.17) is 28.6 Å². The Kier molecular flexibility index (Phi) is 5.93. The van der Waals surface area contributed by atoms with Crippen LogP contribution in [0.5, 0.6) is 5.75 Å². The third-order valence-corrected chi connectivity index (χ3v) is 4.13. The van der Waals surface area contributed by atoms with Crippen molar-refractivity contribution in [1.82, 2.24) is 15.7 Å². The smallest absolute Gasteiger partial charge is 0.189 e. The first kappa shape index (κ1) is 16.5. The molecule has 116 valence electrons. The fourth-order valence-corrected chi connectivity index (χ4v) is 2.55. The molecule has 0 fully saturated rings. The predicted molar refractivity (Wildman–Crippen MR) is 95.8 cm³/mol. The Morgan fingerprint density at radius 1 is 1.41 bits per heavy atom. The maximum atomic E-state index is 6.08. The molecule has 0 aliphatic rings. The van der Waals surface area contributed by atoms with Crippen molar-refractivity contribution >= 4 is 57.3 Å². The number of thiazole rings is 1. The second-order valence-corrected chi connectivity index (χ2v) is 5.77. The van der Waals surface area contributed by atoms with Crippen molar-refractivity contribution in [3.8, 4) is 5.75 Å². The highest BCUT2D eigenvalue weighted by molar-refractivity contribution is 7.80. The van der Waals surface area contributed by atoms with Crippen LogP contribution in [0.2, 0.25) is 5.15 Å². The monoisotopic (exact) mass is 355 g/mol. The van der Waals surface area contributed by atoms with Gasteiger partial charge in [0.15, 0.2) is 15.4 Å². The first-order chi connectivity index (χ1) is 10.6. The van der Waals surface area contributed by atoms with Crippen LogP contribution in [0.4, 0.5) is 10.8 Å². The second kappa shape index (κ2) is 7.92. The highest BCUT2D eigenvalue weighted by Crippen LogP contribution is 2.28. The first-order valence-corrected chi connectivity index (χ1v) is 7.81. The minimum atomic E-state index is 0.377. The normalized spacial score (nSPS) is 10.5. The van der Waals surface area contributed by atoms with Gasteiger partial charge in [0.25, 0.3) is 0 Å². The molecule has 9 heteroatoms. The van der Waals surface area contributed by atoms with Gasteiger partial charge in [0, 0.05) is 12.7 Å². The number of nitrogens with zero attached hydrogens (tertiary/aromatic N) is 2. The van der Waals surface area contributed by atoms with E-state index >= 15 is 0 Å². The lowest BCUT2D eigenvalue weighted by Gasteiger charge is -2.03. The zero-order chi connectivity index (χ0) is 15.9. The molecule has 0 unspecified atom stereocenters. The number of thiocarbonyl (C=S) groups is 1. The predicted octanol–water partition coefficient (Wildman–Crippen LogP) is 2.98. The van der Waals surface area contributed by atoms with E-state index in [-0.39, 0.29) is 0 Å². The number of aromatic nitrogens is 1. The molecule has 0 spiro atoms. The van der Waals surface area contributed by atoms with Gasteiger partial charge in [-0.2, -0.15) is 5.10 Å². The summed E-state index contributed by atoms with van der Waals surface area (Å²) < 4.78 is 5.11. The van der Waals surface area contributed by atoms with Gasteiger partial charge in [-0.15, -0.1) is 0 Å². The number of hydrogen-bond donors (Lipinski definition) is 3. The third kappa shape index (κ3) is 4.55. The topological polar surface area (TPSA) is 70.6 Å². The van der Waals surface area contributed by atoms with E-state index in [0.29, 0.717) is 15.4 Å². The van der Waals surface area contributed by atoms with Crippen LogP contribution in [0.25, 0.3) is 0 Å². The summed E-state index contributed by atoms with van der Waals surface area (Å²) in [6.07, 6.45) is 1.57. The largest absolute Gasteiger partial charge is 0.497 e. The lowest BCUT2D eigenvalue weighted by atomic mass is 10.3. The van der Waals surface area contributed by atoms with E-state index in [2.05, 4.69) is 26.1 Å². The molecule has 0 saturated carbocycles. The average molecular weight is 356 g/mol. The van der Waals surface area contributed by atoms with Gasteiger partial charge >= 0.3 is 0 Å². The molecule has 1 aromatic heterocycles. The molecule has 0 radical (unpaired) electrons. The number of rotatable bonds is 5. The molecule has 0 amide bonds. The fraction of sp³-hybridized carbons (Fsp3) is 0.154. The van der Waals surface area contributed by atoms with Gasteiger partial charge in [0.1, 0.15) is 5.75 Å². The average Bonchev–Trinajstić information content (AvgIpc) is 2.87. The van der Waals surface area contributed by atoms with Crippen molar-refractivity contribution < 1.29 is 4.74 Å². The lowest BCUT2D eigenvalue weighted by molar-refractivity contribution is 0.415. The summed E-state index contributed by atoms with van der Waals surface area (Å²) in [6, 6.07) is 7.52. The van der Waals surface area contributed by atoms with E-state index in [1.165, 1.54) is 11.3 Å². The van der Waals surface area contributed by atoms with Crippen molar-refractivity contribution in [3.05, 3.63) is 34.3 Å². The number of hydrogen-bond acceptors (Lipinski definition) is 6. The van der Waals surface area contributed by atoms with Crippen molar-refractivity contribution in [2.24, 2.45) is 5.10 Å². The number of ether oxygens (including phenoxy) is 1. The minimum Gasteiger partial charge on any atom is -0.497 e. The number of nitrogens with one attached hydrogen (secondary N) is 3. The third-order valence-electron chi connectivity index (χ3n) is 2.53. The van der Waals surface area contributed by atoms with Gasteiger partial charge in [-0.25, -0.2) is 4.98 Å². The molecule has 0 atom stereocenters. The molecule has 2 rings (SSSR count). The second-order valence-electron chi connectivity index (χ2n) is 3.98. The summed E-state index contributed by atoms with van der Waals surface area (Å²) in [5.74, 6) is 0.794. The van der Waals surface area contributed by atoms with E-state index in [9.17, 15) is 0 Å². The Hall–Kier alpha value is -1.90. The highest BCUT2D eigenvalue weighted by Gasteiger charge is 2.08. The van der Waals surface area contributed by atoms with Crippen molar-refractivity contribution in [2.45, 2.75) is 0 Å². The molecule has 0 aliphatic heterocycles. The Bertz CT molecular complexity index is 672. The van der Waals surface area contributed by atoms with Crippen LogP contribution in [0.1, 0.15) is 4.88 Å². The minimum absolute atomic E-state index is 0.377. The Morgan fingerprint density at radius 3 is 2.77 bits per heavy atom. The van der Waals surface area contributed by atoms with Gasteiger partial charge in [-0.05, 0) is 36.5 Å². The molecule has 0 saturated heterocycles. The molecular formula is C13H14ClN5OS2. The van der Waals surface area contributed by atoms with E-state index in [1.54, 1.807) is 20.4 Å². The molecule has 1 aromatic carbocycles. The number of hydrazone groups is 1. The summed E-state index contributed by atoms with van der Waals surface area (Å²) in [5.41, 5.74) is 3.55. The van der Waals surface area contributed by atoms with Crippen molar-refractivity contribution in [2.75, 3.05) is 19.5 Å². The van der Waals surface area contributed by atoms with E-state index in [1.807, 2.05) is 24.3 Å². The molecule has 3 N–H and O–H groups in total. The van der Waals surface area contributed by atoms with Crippen LogP contribution in [0, 0.1) is 0 Å². The molecule has 0 aliphatic carbocycles. The van der Waals surface area contributed by atoms with Gasteiger partial charge in [-0.1, -0.05) is 22.9 Å². The number of anilines is 2. The summed E-state index contributed by atoms with van der Waals surface area (Å²) in [7, 11) is 3.34. The molecular weight excluding hydrogens is 342 g/mol. The maximum absolute atomic E-state index is 6.08. The number of benzene rings is 1. The van der Waals surface area contributed by atoms with Gasteiger partial charge in [0.2, 0.25) is 0 Å². The first-order valence-electron chi connectivity index (χ1n) is 6.20. The molecule has 2 aromatic rings. The van der Waals surface area contributed by atoms with Gasteiger partial charge in [-0.3, -0.25) is 5.43 Å². The highest BCUT2D eigenvalue weighted by atomic mass is 35.5. The summed E-state index contributed by atoms with van der Waals surface area (Å²) in [6.45, 7) is 0. The standard InChI is InChI=1S/C13H14ClN5OS2/c1-15-12(21)19-16-7-10-11(14)18-13(22-10)17-8-3-5-9(20-2)6-4-8/h3-7H,1-2H3,(H,17,18)(H2,15,19,21)/b16-7+. The number of halogens is 1. The molecule has 22 heavy (non-hydrogen) atoms. The summed E-state index contributed by atoms with van der Waals surface area (Å²) in [5, 5.41) is 11.4. The van der Waals surface area contributed by atoms with Crippen molar-refractivity contribution in [3.63, 3.8) is 0 Å². The Balaban J connectivity index is 2.03. The maximum Gasteiger partial charge on any atom is 0.189 e. The summed E-state index contributed by atoms with van der Waals surface area (Å²) in [4.78, 5) is 4.97. The zero-order valence-electron chi connectivity index (χ0n) is 11.9. The van der Waals surface area contributed by atoms with Crippen LogP contribution < -0.4 is 20.8 Å². The Labute approximate surface area is 142 Å². The van der Waals surface area contributed by atoms with Crippen LogP contribution in [-0.2, 0) is 0 Å². The van der Waals surface area contributed by atoms with Crippen LogP contribution in [-0.4, -0.2) is 30.5 Å². The van der Waals surface area contributed by atoms with E-state index < -0.39 is 0 Å². The lowest BCUT2D eigenvalue weighted by Crippen LogP contribution is -2.28. The molecule has 6 nitrogen and oxygen atoms in total. The SMILES string of the molecule is CNC(=S)N/N=C/c1sc(Nc2ccc(OC)cc2)nc1Cl. The quantitative estimate of drug-likeness (QED) is 0.435. The van der Waals surface area contributed by atoms with Crippen LogP contribution in [0.15, 0.2) is 29.4 Å². The van der Waals surface area contributed by atoms with Crippen LogP contribution in [0.3, 0.4) is 0 Å². The molecule has 1 heterocycles. The van der Waals surface area contributed by atoms with E-state index in [0.717, 1.165) is 16.3 Å². The van der Waals surface area contributed by atoms with Crippen molar-refractivity contribution in [1.29, 1.82) is 0 Å². The Morgan fingerprint density at radius 2 is 2.14 bits per heavy atom. The zero-order valence-corrected chi connectivity index (χ0v) is 14.3. The van der Waals surface area contributed by atoms with Crippen LogP contribution >= 0.6 is 35.2 Å².